The van der Waals surface area contributed by atoms with E-state index in [1.165, 1.54) is 0 Å². The van der Waals surface area contributed by atoms with Gasteiger partial charge in [0.15, 0.2) is 0 Å². The molecule has 0 saturated carbocycles. The van der Waals surface area contributed by atoms with Crippen LogP contribution in [0.1, 0.15) is 23.6 Å². The Morgan fingerprint density at radius 3 is 2.49 bits per heavy atom. The molecule has 7 nitrogen and oxygen atoms in total. The van der Waals surface area contributed by atoms with E-state index < -0.39 is 5.91 Å². The van der Waals surface area contributed by atoms with Crippen molar-refractivity contribution in [3.05, 3.63) is 114 Å². The van der Waals surface area contributed by atoms with Gasteiger partial charge in [-0.2, -0.15) is 0 Å². The van der Waals surface area contributed by atoms with E-state index in [-0.39, 0.29) is 12.3 Å². The molecule has 4 N–H and O–H groups in total. The molecule has 5 aromatic rings. The molecule has 39 heavy (non-hydrogen) atoms. The molecular formula is C32H28N4O3. The molecule has 194 valence electrons. The van der Waals surface area contributed by atoms with Crippen molar-refractivity contribution in [3.8, 4) is 16.9 Å². The fraction of sp³-hybridized carbons (Fsp3) is 0.0938. The quantitative estimate of drug-likeness (QED) is 0.214. The number of pyridine rings is 1. The minimum atomic E-state index is -0.514. The Balaban J connectivity index is 1.27. The molecule has 3 aromatic carbocycles. The topological polar surface area (TPSA) is 110 Å². The second-order valence-electron chi connectivity index (χ2n) is 9.01. The number of aromatic amines is 1. The van der Waals surface area contributed by atoms with Gasteiger partial charge in [-0.15, -0.1) is 0 Å². The van der Waals surface area contributed by atoms with E-state index in [1.54, 1.807) is 18.3 Å². The van der Waals surface area contributed by atoms with Gasteiger partial charge < -0.3 is 20.8 Å². The summed E-state index contributed by atoms with van der Waals surface area (Å²) in [6.07, 6.45) is 3.73. The molecule has 5 rings (SSSR count). The number of aromatic nitrogens is 2. The predicted molar refractivity (Wildman–Crippen MR) is 155 cm³/mol. The first-order valence-corrected chi connectivity index (χ1v) is 12.7. The predicted octanol–water partition coefficient (Wildman–Crippen LogP) is 5.84. The van der Waals surface area contributed by atoms with Crippen molar-refractivity contribution in [2.45, 2.75) is 13.3 Å². The summed E-state index contributed by atoms with van der Waals surface area (Å²) in [6, 6.07) is 28.7. The first-order valence-electron chi connectivity index (χ1n) is 12.7. The highest BCUT2D eigenvalue weighted by Crippen LogP contribution is 2.26. The molecule has 7 heteroatoms. The molecule has 0 radical (unpaired) electrons. The lowest BCUT2D eigenvalue weighted by atomic mass is 10.0. The summed E-state index contributed by atoms with van der Waals surface area (Å²) < 4.78 is 5.59. The van der Waals surface area contributed by atoms with Gasteiger partial charge in [0.05, 0.1) is 13.0 Å². The number of carbonyl (C=O) groups is 2. The smallest absolute Gasteiger partial charge is 0.249 e. The number of amides is 2. The van der Waals surface area contributed by atoms with Gasteiger partial charge in [-0.3, -0.25) is 9.59 Å². The highest BCUT2D eigenvalue weighted by Gasteiger charge is 2.12. The van der Waals surface area contributed by atoms with Gasteiger partial charge in [-0.05, 0) is 59.5 Å². The highest BCUT2D eigenvalue weighted by molar-refractivity contribution is 6.24. The number of benzene rings is 3. The third-order valence-electron chi connectivity index (χ3n) is 6.29. The molecule has 0 fully saturated rings. The van der Waals surface area contributed by atoms with Crippen LogP contribution in [0.25, 0.3) is 33.8 Å². The molecule has 0 bridgehead atoms. The second-order valence-corrected chi connectivity index (χ2v) is 9.01. The second kappa shape index (κ2) is 11.5. The van der Waals surface area contributed by atoms with E-state index in [4.69, 9.17) is 10.5 Å². The fourth-order valence-corrected chi connectivity index (χ4v) is 4.40. The van der Waals surface area contributed by atoms with Gasteiger partial charge in [0.2, 0.25) is 11.8 Å². The van der Waals surface area contributed by atoms with E-state index in [2.05, 4.69) is 15.3 Å². The normalized spacial score (nSPS) is 11.4. The molecule has 0 aliphatic carbocycles. The molecule has 0 atom stereocenters. The van der Waals surface area contributed by atoms with Crippen molar-refractivity contribution >= 4 is 40.3 Å². The maximum Gasteiger partial charge on any atom is 0.249 e. The lowest BCUT2D eigenvalue weighted by Crippen LogP contribution is -2.15. The van der Waals surface area contributed by atoms with Crippen molar-refractivity contribution in [1.29, 1.82) is 0 Å². The van der Waals surface area contributed by atoms with Crippen LogP contribution in [-0.4, -0.2) is 28.4 Å². The van der Waals surface area contributed by atoms with Crippen LogP contribution in [0.5, 0.6) is 5.75 Å². The largest absolute Gasteiger partial charge is 0.494 e. The Morgan fingerprint density at radius 1 is 0.949 bits per heavy atom. The van der Waals surface area contributed by atoms with E-state index >= 15 is 0 Å². The zero-order valence-corrected chi connectivity index (χ0v) is 21.5. The van der Waals surface area contributed by atoms with Gasteiger partial charge in [0.1, 0.15) is 17.2 Å². The van der Waals surface area contributed by atoms with Crippen LogP contribution < -0.4 is 15.8 Å². The molecule has 0 unspecified atom stereocenters. The Labute approximate surface area is 226 Å². The number of primary amides is 1. The first-order chi connectivity index (χ1) is 19.0. The molecule has 2 heterocycles. The third kappa shape index (κ3) is 6.05. The molecular weight excluding hydrogens is 488 g/mol. The number of hydrogen-bond donors (Lipinski definition) is 3. The van der Waals surface area contributed by atoms with E-state index in [9.17, 15) is 9.59 Å². The van der Waals surface area contributed by atoms with Crippen LogP contribution in [-0.2, 0) is 16.0 Å². The van der Waals surface area contributed by atoms with Gasteiger partial charge >= 0.3 is 0 Å². The number of fused-ring (bicyclic) bond motifs is 1. The number of nitrogens with zero attached hydrogens (tertiary/aromatic N) is 1. The van der Waals surface area contributed by atoms with Crippen molar-refractivity contribution in [2.75, 3.05) is 11.9 Å². The van der Waals surface area contributed by atoms with Gasteiger partial charge in [0, 0.05) is 22.7 Å². The number of rotatable bonds is 9. The van der Waals surface area contributed by atoms with Crippen LogP contribution in [0.15, 0.2) is 97.2 Å². The molecule has 0 aliphatic rings. The molecule has 2 amide bonds. The maximum atomic E-state index is 12.7. The summed E-state index contributed by atoms with van der Waals surface area (Å²) in [7, 11) is 0. The average Bonchev–Trinajstić information content (AvgIpc) is 3.34. The number of nitrogens with two attached hydrogens (primary N) is 1. The SMILES string of the molecule is CCOc1cccc(-c2ccc(CC(=O)Nc3ccc4c(C=C(C(N)=O)c5ccccc5)c[nH]c4n3)cc2)c1. The number of ether oxygens (including phenoxy) is 1. The summed E-state index contributed by atoms with van der Waals surface area (Å²) >= 11 is 0. The lowest BCUT2D eigenvalue weighted by Gasteiger charge is -2.08. The monoisotopic (exact) mass is 516 g/mol. The van der Waals surface area contributed by atoms with Crippen LogP contribution in [0.4, 0.5) is 5.82 Å². The molecule has 0 saturated heterocycles. The van der Waals surface area contributed by atoms with E-state index in [1.807, 2.05) is 91.9 Å². The Morgan fingerprint density at radius 2 is 1.74 bits per heavy atom. The standard InChI is InChI=1S/C32H28N4O3/c1-2-39-26-10-6-9-24(18-26)22-13-11-21(12-14-22)17-30(37)35-29-16-15-27-25(20-34-32(27)36-29)19-28(31(33)38)23-7-4-3-5-8-23/h3-16,18-20H,2,17H2,1H3,(H2,33,38)(H2,34,35,36,37). The summed E-state index contributed by atoms with van der Waals surface area (Å²) in [5.74, 6) is 0.587. The Kier molecular flexibility index (Phi) is 7.50. The number of hydrogen-bond acceptors (Lipinski definition) is 4. The summed E-state index contributed by atoms with van der Waals surface area (Å²) in [4.78, 5) is 32.5. The highest BCUT2D eigenvalue weighted by atomic mass is 16.5. The number of anilines is 1. The van der Waals surface area contributed by atoms with Gasteiger partial charge in [-0.1, -0.05) is 66.7 Å². The lowest BCUT2D eigenvalue weighted by molar-refractivity contribution is -0.115. The van der Waals surface area contributed by atoms with Crippen molar-refractivity contribution < 1.29 is 14.3 Å². The molecule has 2 aromatic heterocycles. The van der Waals surface area contributed by atoms with Crippen molar-refractivity contribution in [3.63, 3.8) is 0 Å². The van der Waals surface area contributed by atoms with Crippen molar-refractivity contribution in [2.24, 2.45) is 5.73 Å². The average molecular weight is 517 g/mol. The zero-order chi connectivity index (χ0) is 27.2. The van der Waals surface area contributed by atoms with Crippen molar-refractivity contribution in [1.82, 2.24) is 9.97 Å². The third-order valence-corrected chi connectivity index (χ3v) is 6.29. The van der Waals surface area contributed by atoms with Crippen LogP contribution >= 0.6 is 0 Å². The number of H-pyrrole nitrogens is 1. The van der Waals surface area contributed by atoms with Crippen LogP contribution in [0.3, 0.4) is 0 Å². The van der Waals surface area contributed by atoms with Crippen LogP contribution in [0.2, 0.25) is 0 Å². The minimum absolute atomic E-state index is 0.167. The Hall–Kier alpha value is -5.17. The fourth-order valence-electron chi connectivity index (χ4n) is 4.40. The molecule has 0 aliphatic heterocycles. The van der Waals surface area contributed by atoms with Gasteiger partial charge in [-0.25, -0.2) is 4.98 Å². The van der Waals surface area contributed by atoms with E-state index in [0.717, 1.165) is 39.0 Å². The van der Waals surface area contributed by atoms with Crippen LogP contribution in [0, 0.1) is 0 Å². The molecule has 0 spiro atoms. The zero-order valence-electron chi connectivity index (χ0n) is 21.5. The van der Waals surface area contributed by atoms with Gasteiger partial charge in [0.25, 0.3) is 0 Å². The number of nitrogens with one attached hydrogen (secondary N) is 2. The Bertz CT molecular complexity index is 1650. The summed E-state index contributed by atoms with van der Waals surface area (Å²) in [6.45, 7) is 2.58. The minimum Gasteiger partial charge on any atom is -0.494 e. The summed E-state index contributed by atoms with van der Waals surface area (Å²) in [5, 5.41) is 3.68. The number of carbonyl (C=O) groups excluding carboxylic acids is 2. The summed E-state index contributed by atoms with van der Waals surface area (Å²) in [5.41, 5.74) is 11.2. The maximum absolute atomic E-state index is 12.7. The first kappa shape index (κ1) is 25.5. The van der Waals surface area contributed by atoms with E-state index in [0.29, 0.717) is 23.6 Å².